The molecule has 0 fully saturated rings. The van der Waals surface area contributed by atoms with Crippen LogP contribution in [0.5, 0.6) is 0 Å². The smallest absolute Gasteiger partial charge is 0.166 e. The van der Waals surface area contributed by atoms with Gasteiger partial charge in [-0.05, 0) is 34.1 Å². The van der Waals surface area contributed by atoms with Crippen molar-refractivity contribution in [3.8, 4) is 0 Å². The minimum atomic E-state index is 0.0339. The fourth-order valence-electron chi connectivity index (χ4n) is 1.71. The van der Waals surface area contributed by atoms with Gasteiger partial charge in [0.2, 0.25) is 0 Å². The van der Waals surface area contributed by atoms with Crippen molar-refractivity contribution in [3.63, 3.8) is 0 Å². The molecule has 0 saturated heterocycles. The summed E-state index contributed by atoms with van der Waals surface area (Å²) in [5.41, 5.74) is 1.74. The number of carbonyl (C=O) groups is 1. The van der Waals surface area contributed by atoms with E-state index in [2.05, 4.69) is 20.9 Å². The Morgan fingerprint density at radius 2 is 2.17 bits per heavy atom. The van der Waals surface area contributed by atoms with Crippen LogP contribution in [-0.4, -0.2) is 15.3 Å². The third kappa shape index (κ3) is 3.07. The van der Waals surface area contributed by atoms with Gasteiger partial charge in [-0.2, -0.15) is 0 Å². The number of carbonyl (C=O) groups excluding carboxylic acids is 1. The van der Waals surface area contributed by atoms with Gasteiger partial charge in [-0.1, -0.05) is 13.8 Å². The molecule has 2 heterocycles. The molecule has 2 aromatic heterocycles. The number of hydrogen-bond acceptors (Lipinski definition) is 2. The largest absolute Gasteiger partial charge is 0.348 e. The molecule has 4 heteroatoms. The SMILES string of the molecule is CC(C)C(=O)c1ccn(Cc2ccc(Br)cn2)c1. The van der Waals surface area contributed by atoms with Crippen LogP contribution >= 0.6 is 15.9 Å². The quantitative estimate of drug-likeness (QED) is 0.810. The summed E-state index contributed by atoms with van der Waals surface area (Å²) in [5, 5.41) is 0. The first-order chi connectivity index (χ1) is 8.56. The van der Waals surface area contributed by atoms with Crippen molar-refractivity contribution in [1.29, 1.82) is 0 Å². The Balaban J connectivity index is 2.11. The van der Waals surface area contributed by atoms with Crippen molar-refractivity contribution in [2.75, 3.05) is 0 Å². The number of hydrogen-bond donors (Lipinski definition) is 0. The molecule has 0 aliphatic carbocycles. The van der Waals surface area contributed by atoms with Gasteiger partial charge in [0, 0.05) is 34.5 Å². The van der Waals surface area contributed by atoms with Crippen LogP contribution in [0.1, 0.15) is 29.9 Å². The molecule has 0 amide bonds. The maximum atomic E-state index is 11.8. The highest BCUT2D eigenvalue weighted by Gasteiger charge is 2.11. The van der Waals surface area contributed by atoms with E-state index in [4.69, 9.17) is 0 Å². The number of halogens is 1. The molecular weight excluding hydrogens is 292 g/mol. The number of Topliss-reactive ketones (excluding diaryl/α,β-unsaturated/α-hetero) is 1. The van der Waals surface area contributed by atoms with Crippen molar-refractivity contribution in [1.82, 2.24) is 9.55 Å². The minimum absolute atomic E-state index is 0.0339. The molecule has 0 bridgehead atoms. The lowest BCUT2D eigenvalue weighted by Crippen LogP contribution is -2.06. The Morgan fingerprint density at radius 3 is 2.78 bits per heavy atom. The molecule has 0 atom stereocenters. The van der Waals surface area contributed by atoms with Gasteiger partial charge >= 0.3 is 0 Å². The van der Waals surface area contributed by atoms with Crippen molar-refractivity contribution in [2.24, 2.45) is 5.92 Å². The van der Waals surface area contributed by atoms with Crippen LogP contribution in [-0.2, 0) is 6.54 Å². The van der Waals surface area contributed by atoms with Gasteiger partial charge in [0.15, 0.2) is 5.78 Å². The first-order valence-corrected chi connectivity index (χ1v) is 6.66. The van der Waals surface area contributed by atoms with Gasteiger partial charge in [0.25, 0.3) is 0 Å². The topological polar surface area (TPSA) is 34.9 Å². The number of pyridine rings is 1. The molecule has 0 saturated carbocycles. The summed E-state index contributed by atoms with van der Waals surface area (Å²) in [6.07, 6.45) is 5.57. The van der Waals surface area contributed by atoms with E-state index >= 15 is 0 Å². The summed E-state index contributed by atoms with van der Waals surface area (Å²) in [7, 11) is 0. The number of nitrogens with zero attached hydrogens (tertiary/aromatic N) is 2. The zero-order valence-electron chi connectivity index (χ0n) is 10.4. The number of rotatable bonds is 4. The Kier molecular flexibility index (Phi) is 3.97. The highest BCUT2D eigenvalue weighted by atomic mass is 79.9. The van der Waals surface area contributed by atoms with E-state index in [9.17, 15) is 4.79 Å². The molecule has 0 aliphatic heterocycles. The second-order valence-electron chi connectivity index (χ2n) is 4.56. The molecule has 0 unspecified atom stereocenters. The van der Waals surface area contributed by atoms with Crippen molar-refractivity contribution < 1.29 is 4.79 Å². The van der Waals surface area contributed by atoms with Crippen LogP contribution in [0.3, 0.4) is 0 Å². The molecule has 2 aromatic rings. The molecule has 3 nitrogen and oxygen atoms in total. The van der Waals surface area contributed by atoms with Gasteiger partial charge in [-0.25, -0.2) is 0 Å². The molecular formula is C14H15BrN2O. The summed E-state index contributed by atoms with van der Waals surface area (Å²) < 4.78 is 2.95. The zero-order valence-corrected chi connectivity index (χ0v) is 12.0. The maximum Gasteiger partial charge on any atom is 0.166 e. The van der Waals surface area contributed by atoms with E-state index in [-0.39, 0.29) is 11.7 Å². The molecule has 18 heavy (non-hydrogen) atoms. The normalized spacial score (nSPS) is 10.9. The first-order valence-electron chi connectivity index (χ1n) is 5.86. The van der Waals surface area contributed by atoms with Crippen molar-refractivity contribution in [2.45, 2.75) is 20.4 Å². The fraction of sp³-hybridized carbons (Fsp3) is 0.286. The van der Waals surface area contributed by atoms with Gasteiger partial charge in [0.05, 0.1) is 12.2 Å². The van der Waals surface area contributed by atoms with E-state index in [1.54, 1.807) is 6.20 Å². The molecule has 0 radical (unpaired) electrons. The summed E-state index contributed by atoms with van der Waals surface area (Å²) >= 11 is 3.36. The van der Waals surface area contributed by atoms with E-state index in [0.717, 1.165) is 15.7 Å². The van der Waals surface area contributed by atoms with Crippen LogP contribution in [0.4, 0.5) is 0 Å². The number of ketones is 1. The fourth-order valence-corrected chi connectivity index (χ4v) is 1.94. The Labute approximate surface area is 115 Å². The monoisotopic (exact) mass is 306 g/mol. The number of aromatic nitrogens is 2. The average molecular weight is 307 g/mol. The van der Waals surface area contributed by atoms with Gasteiger partial charge in [-0.3, -0.25) is 9.78 Å². The summed E-state index contributed by atoms with van der Waals surface area (Å²) in [6, 6.07) is 5.79. The van der Waals surface area contributed by atoms with E-state index < -0.39 is 0 Å². The summed E-state index contributed by atoms with van der Waals surface area (Å²) in [4.78, 5) is 16.1. The van der Waals surface area contributed by atoms with Crippen molar-refractivity contribution >= 4 is 21.7 Å². The van der Waals surface area contributed by atoms with Crippen LogP contribution in [0, 0.1) is 5.92 Å². The van der Waals surface area contributed by atoms with Crippen molar-refractivity contribution in [3.05, 3.63) is 52.5 Å². The highest BCUT2D eigenvalue weighted by molar-refractivity contribution is 9.10. The Hall–Kier alpha value is -1.42. The molecule has 0 spiro atoms. The van der Waals surface area contributed by atoms with Crippen LogP contribution in [0.15, 0.2) is 41.3 Å². The van der Waals surface area contributed by atoms with Crippen LogP contribution < -0.4 is 0 Å². The van der Waals surface area contributed by atoms with E-state index in [0.29, 0.717) is 6.54 Å². The van der Waals surface area contributed by atoms with E-state index in [1.807, 2.05) is 49.0 Å². The predicted octanol–water partition coefficient (Wildman–Crippen LogP) is 3.53. The molecule has 0 N–H and O–H groups in total. The van der Waals surface area contributed by atoms with Gasteiger partial charge < -0.3 is 4.57 Å². The molecule has 94 valence electrons. The van der Waals surface area contributed by atoms with Gasteiger partial charge in [-0.15, -0.1) is 0 Å². The third-order valence-corrected chi connectivity index (χ3v) is 3.16. The molecule has 0 aromatic carbocycles. The maximum absolute atomic E-state index is 11.8. The predicted molar refractivity (Wildman–Crippen MR) is 74.6 cm³/mol. The molecule has 0 aliphatic rings. The second-order valence-corrected chi connectivity index (χ2v) is 5.47. The second kappa shape index (κ2) is 5.48. The average Bonchev–Trinajstić information content (AvgIpc) is 2.79. The Bertz CT molecular complexity index is 543. The Morgan fingerprint density at radius 1 is 1.39 bits per heavy atom. The lowest BCUT2D eigenvalue weighted by atomic mass is 10.0. The minimum Gasteiger partial charge on any atom is -0.348 e. The first kappa shape index (κ1) is 13.0. The third-order valence-electron chi connectivity index (χ3n) is 2.69. The summed E-state index contributed by atoms with van der Waals surface area (Å²) in [6.45, 7) is 4.50. The lowest BCUT2D eigenvalue weighted by Gasteiger charge is -2.03. The lowest BCUT2D eigenvalue weighted by molar-refractivity contribution is 0.0939. The summed E-state index contributed by atoms with van der Waals surface area (Å²) in [5.74, 6) is 0.212. The molecule has 2 rings (SSSR count). The van der Waals surface area contributed by atoms with E-state index in [1.165, 1.54) is 0 Å². The standard InChI is InChI=1S/C14H15BrN2O/c1-10(2)14(18)11-5-6-17(8-11)9-13-4-3-12(15)7-16-13/h3-8,10H,9H2,1-2H3. The highest BCUT2D eigenvalue weighted by Crippen LogP contribution is 2.12. The van der Waals surface area contributed by atoms with Gasteiger partial charge in [0.1, 0.15) is 0 Å². The van der Waals surface area contributed by atoms with Crippen LogP contribution in [0.25, 0.3) is 0 Å². The van der Waals surface area contributed by atoms with Crippen LogP contribution in [0.2, 0.25) is 0 Å². The zero-order chi connectivity index (χ0) is 13.1.